The molecule has 1 unspecified atom stereocenters. The number of nitrogens with one attached hydrogen (secondary N) is 1. The SMILES string of the molecule is CC1(C)CC1(C(=O)N1CCc2[nH]ncc2C1)c1cccs1. The van der Waals surface area contributed by atoms with Crippen LogP contribution in [0.1, 0.15) is 36.4 Å². The minimum absolute atomic E-state index is 0.0611. The summed E-state index contributed by atoms with van der Waals surface area (Å²) in [5.74, 6) is 0.293. The first-order valence-electron chi connectivity index (χ1n) is 7.39. The molecule has 0 radical (unpaired) electrons. The standard InChI is InChI=1S/C16H19N3OS/c1-15(2)10-16(15,13-4-3-7-21-13)14(20)19-6-5-12-11(9-19)8-17-18-12/h3-4,7-8H,5-6,9-10H2,1-2H3,(H,17,18). The van der Waals surface area contributed by atoms with Crippen LogP contribution in [0.2, 0.25) is 0 Å². The van der Waals surface area contributed by atoms with E-state index in [9.17, 15) is 4.79 Å². The first kappa shape index (κ1) is 13.1. The molecule has 4 nitrogen and oxygen atoms in total. The lowest BCUT2D eigenvalue weighted by Gasteiger charge is -2.31. The average molecular weight is 301 g/mol. The summed E-state index contributed by atoms with van der Waals surface area (Å²) < 4.78 is 0. The van der Waals surface area contributed by atoms with Gasteiger partial charge in [0.05, 0.1) is 11.6 Å². The molecular formula is C16H19N3OS. The normalized spacial score (nSPS) is 26.5. The Kier molecular flexibility index (Phi) is 2.61. The second kappa shape index (κ2) is 4.19. The summed E-state index contributed by atoms with van der Waals surface area (Å²) in [5.41, 5.74) is 2.10. The van der Waals surface area contributed by atoms with E-state index in [0.717, 1.165) is 24.9 Å². The third-order valence-corrected chi connectivity index (χ3v) is 6.16. The Morgan fingerprint density at radius 1 is 1.48 bits per heavy atom. The van der Waals surface area contributed by atoms with Crippen molar-refractivity contribution >= 4 is 17.2 Å². The zero-order valence-electron chi connectivity index (χ0n) is 12.3. The molecular weight excluding hydrogens is 282 g/mol. The highest BCUT2D eigenvalue weighted by Crippen LogP contribution is 2.66. The first-order chi connectivity index (χ1) is 10.0. The Morgan fingerprint density at radius 2 is 2.29 bits per heavy atom. The predicted octanol–water partition coefficient (Wildman–Crippen LogP) is 2.72. The van der Waals surface area contributed by atoms with Crippen molar-refractivity contribution in [3.8, 4) is 0 Å². The van der Waals surface area contributed by atoms with Crippen LogP contribution < -0.4 is 0 Å². The molecule has 1 saturated carbocycles. The highest BCUT2D eigenvalue weighted by Gasteiger charge is 2.68. The van der Waals surface area contributed by atoms with Crippen LogP contribution in [-0.4, -0.2) is 27.5 Å². The highest BCUT2D eigenvalue weighted by molar-refractivity contribution is 7.10. The van der Waals surface area contributed by atoms with Gasteiger partial charge >= 0.3 is 0 Å². The van der Waals surface area contributed by atoms with E-state index in [2.05, 4.69) is 35.5 Å². The van der Waals surface area contributed by atoms with Gasteiger partial charge < -0.3 is 4.90 Å². The molecule has 2 aliphatic rings. The molecule has 2 aromatic heterocycles. The largest absolute Gasteiger partial charge is 0.337 e. The van der Waals surface area contributed by atoms with Crippen molar-refractivity contribution in [1.82, 2.24) is 15.1 Å². The fraction of sp³-hybridized carbons (Fsp3) is 0.500. The van der Waals surface area contributed by atoms with Crippen LogP contribution in [-0.2, 0) is 23.2 Å². The first-order valence-corrected chi connectivity index (χ1v) is 8.27. The lowest BCUT2D eigenvalue weighted by Crippen LogP contribution is -2.43. The summed E-state index contributed by atoms with van der Waals surface area (Å²) in [6.45, 7) is 5.89. The fourth-order valence-corrected chi connectivity index (χ4v) is 4.79. The molecule has 1 aliphatic heterocycles. The van der Waals surface area contributed by atoms with Gasteiger partial charge in [0.25, 0.3) is 0 Å². The van der Waals surface area contributed by atoms with Crippen LogP contribution in [0.25, 0.3) is 0 Å². The molecule has 0 spiro atoms. The van der Waals surface area contributed by atoms with Crippen molar-refractivity contribution in [2.24, 2.45) is 5.41 Å². The van der Waals surface area contributed by atoms with Crippen molar-refractivity contribution in [2.45, 2.75) is 38.6 Å². The van der Waals surface area contributed by atoms with Gasteiger partial charge in [-0.2, -0.15) is 5.10 Å². The summed E-state index contributed by atoms with van der Waals surface area (Å²) in [5, 5.41) is 9.19. The monoisotopic (exact) mass is 301 g/mol. The number of carbonyl (C=O) groups is 1. The van der Waals surface area contributed by atoms with Crippen LogP contribution in [0.4, 0.5) is 0 Å². The number of hydrogen-bond donors (Lipinski definition) is 1. The number of nitrogens with zero attached hydrogens (tertiary/aromatic N) is 2. The molecule has 21 heavy (non-hydrogen) atoms. The molecule has 2 aromatic rings. The maximum Gasteiger partial charge on any atom is 0.234 e. The van der Waals surface area contributed by atoms with E-state index in [4.69, 9.17) is 0 Å². The number of thiophene rings is 1. The Balaban J connectivity index is 1.66. The van der Waals surface area contributed by atoms with E-state index in [1.54, 1.807) is 11.3 Å². The van der Waals surface area contributed by atoms with Gasteiger partial charge in [0.15, 0.2) is 0 Å². The summed E-state index contributed by atoms with van der Waals surface area (Å²) in [6, 6.07) is 4.17. The van der Waals surface area contributed by atoms with Gasteiger partial charge in [-0.05, 0) is 23.3 Å². The molecule has 5 heteroatoms. The van der Waals surface area contributed by atoms with Gasteiger partial charge in [-0.1, -0.05) is 19.9 Å². The Morgan fingerprint density at radius 3 is 2.95 bits per heavy atom. The number of aromatic amines is 1. The van der Waals surface area contributed by atoms with Gasteiger partial charge in [-0.15, -0.1) is 11.3 Å². The van der Waals surface area contributed by atoms with E-state index in [-0.39, 0.29) is 10.8 Å². The number of carbonyl (C=O) groups excluding carboxylic acids is 1. The molecule has 1 amide bonds. The Labute approximate surface area is 128 Å². The van der Waals surface area contributed by atoms with E-state index in [1.165, 1.54) is 10.6 Å². The second-order valence-electron chi connectivity index (χ2n) is 6.79. The van der Waals surface area contributed by atoms with Crippen molar-refractivity contribution in [3.63, 3.8) is 0 Å². The van der Waals surface area contributed by atoms with Gasteiger partial charge in [-0.3, -0.25) is 9.89 Å². The van der Waals surface area contributed by atoms with Gasteiger partial charge in [0, 0.05) is 35.6 Å². The highest BCUT2D eigenvalue weighted by atomic mass is 32.1. The van der Waals surface area contributed by atoms with Gasteiger partial charge in [0.2, 0.25) is 5.91 Å². The van der Waals surface area contributed by atoms with E-state index in [0.29, 0.717) is 12.5 Å². The maximum absolute atomic E-state index is 13.2. The summed E-state index contributed by atoms with van der Waals surface area (Å²) in [6.07, 6.45) is 3.68. The Hall–Kier alpha value is -1.62. The van der Waals surface area contributed by atoms with Crippen molar-refractivity contribution in [1.29, 1.82) is 0 Å². The molecule has 1 fully saturated rings. The molecule has 110 valence electrons. The van der Waals surface area contributed by atoms with Crippen LogP contribution in [0.3, 0.4) is 0 Å². The van der Waals surface area contributed by atoms with Crippen molar-refractivity contribution < 1.29 is 4.79 Å². The maximum atomic E-state index is 13.2. The van der Waals surface area contributed by atoms with E-state index < -0.39 is 0 Å². The second-order valence-corrected chi connectivity index (χ2v) is 7.74. The summed E-state index contributed by atoms with van der Waals surface area (Å²) >= 11 is 1.71. The third-order valence-electron chi connectivity index (χ3n) is 5.13. The molecule has 1 atom stereocenters. The molecule has 0 aromatic carbocycles. The van der Waals surface area contributed by atoms with Crippen LogP contribution in [0.5, 0.6) is 0 Å². The molecule has 3 heterocycles. The molecule has 0 bridgehead atoms. The number of H-pyrrole nitrogens is 1. The quantitative estimate of drug-likeness (QED) is 0.927. The predicted molar refractivity (Wildman–Crippen MR) is 82.1 cm³/mol. The summed E-state index contributed by atoms with van der Waals surface area (Å²) in [7, 11) is 0. The molecule has 4 rings (SSSR count). The number of amides is 1. The van der Waals surface area contributed by atoms with Crippen LogP contribution >= 0.6 is 11.3 Å². The third kappa shape index (κ3) is 1.73. The number of aromatic nitrogens is 2. The van der Waals surface area contributed by atoms with Crippen LogP contribution in [0, 0.1) is 5.41 Å². The minimum atomic E-state index is -0.303. The average Bonchev–Trinajstić information content (AvgIpc) is 2.93. The van der Waals surface area contributed by atoms with Crippen LogP contribution in [0.15, 0.2) is 23.7 Å². The zero-order valence-corrected chi connectivity index (χ0v) is 13.2. The number of fused-ring (bicyclic) bond motifs is 1. The molecule has 1 aliphatic carbocycles. The number of rotatable bonds is 2. The molecule has 0 saturated heterocycles. The minimum Gasteiger partial charge on any atom is -0.337 e. The molecule has 1 N–H and O–H groups in total. The number of hydrogen-bond acceptors (Lipinski definition) is 3. The summed E-state index contributed by atoms with van der Waals surface area (Å²) in [4.78, 5) is 16.5. The fourth-order valence-electron chi connectivity index (χ4n) is 3.70. The van der Waals surface area contributed by atoms with Gasteiger partial charge in [0.1, 0.15) is 0 Å². The van der Waals surface area contributed by atoms with Crippen molar-refractivity contribution in [2.75, 3.05) is 6.54 Å². The van der Waals surface area contributed by atoms with Crippen molar-refractivity contribution in [3.05, 3.63) is 39.8 Å². The van der Waals surface area contributed by atoms with E-state index in [1.807, 2.05) is 17.2 Å². The zero-order chi connectivity index (χ0) is 14.7. The lowest BCUT2D eigenvalue weighted by molar-refractivity contribution is -0.135. The van der Waals surface area contributed by atoms with E-state index >= 15 is 0 Å². The smallest absolute Gasteiger partial charge is 0.234 e. The topological polar surface area (TPSA) is 49.0 Å². The Bertz CT molecular complexity index is 688. The van der Waals surface area contributed by atoms with Gasteiger partial charge in [-0.25, -0.2) is 0 Å². The lowest BCUT2D eigenvalue weighted by atomic mass is 9.91.